The Morgan fingerprint density at radius 1 is 1.29 bits per heavy atom. The molecule has 0 aliphatic rings. The summed E-state index contributed by atoms with van der Waals surface area (Å²) in [7, 11) is 0. The van der Waals surface area contributed by atoms with Crippen molar-refractivity contribution >= 4 is 16.7 Å². The van der Waals surface area contributed by atoms with Crippen LogP contribution in [0.5, 0.6) is 0 Å². The van der Waals surface area contributed by atoms with E-state index in [4.69, 9.17) is 5.26 Å². The number of fused-ring (bicyclic) bond motifs is 1. The van der Waals surface area contributed by atoms with Crippen LogP contribution in [0.25, 0.3) is 10.8 Å². The van der Waals surface area contributed by atoms with Crippen LogP contribution in [0.4, 0.5) is 0 Å². The van der Waals surface area contributed by atoms with E-state index < -0.39 is 0 Å². The van der Waals surface area contributed by atoms with Gasteiger partial charge in [0.15, 0.2) is 6.19 Å². The van der Waals surface area contributed by atoms with Gasteiger partial charge in [-0.3, -0.25) is 10.1 Å². The van der Waals surface area contributed by atoms with Crippen LogP contribution >= 0.6 is 0 Å². The van der Waals surface area contributed by atoms with E-state index in [9.17, 15) is 4.79 Å². The maximum absolute atomic E-state index is 11.9. The molecule has 0 fully saturated rings. The van der Waals surface area contributed by atoms with Gasteiger partial charge >= 0.3 is 0 Å². The van der Waals surface area contributed by atoms with Gasteiger partial charge in [-0.25, -0.2) is 0 Å². The normalized spacial score (nSPS) is 9.88. The van der Waals surface area contributed by atoms with Crippen LogP contribution in [0.3, 0.4) is 0 Å². The molecule has 17 heavy (non-hydrogen) atoms. The van der Waals surface area contributed by atoms with Crippen LogP contribution in [0.15, 0.2) is 36.4 Å². The molecule has 2 aromatic rings. The number of rotatable bonds is 2. The zero-order valence-corrected chi connectivity index (χ0v) is 9.53. The van der Waals surface area contributed by atoms with Crippen LogP contribution in [0, 0.1) is 11.5 Å². The topological polar surface area (TPSA) is 52.9 Å². The van der Waals surface area contributed by atoms with E-state index in [1.807, 2.05) is 43.3 Å². The second-order valence-corrected chi connectivity index (χ2v) is 3.74. The Labute approximate surface area is 99.7 Å². The van der Waals surface area contributed by atoms with E-state index in [1.54, 1.807) is 6.19 Å². The molecular weight excluding hydrogens is 212 g/mol. The molecule has 0 heterocycles. The van der Waals surface area contributed by atoms with Gasteiger partial charge in [0.2, 0.25) is 0 Å². The number of nitrogens with zero attached hydrogens (tertiary/aromatic N) is 1. The van der Waals surface area contributed by atoms with Crippen molar-refractivity contribution in [3.05, 3.63) is 47.5 Å². The molecule has 84 valence electrons. The molecule has 0 aliphatic carbocycles. The molecule has 0 atom stereocenters. The van der Waals surface area contributed by atoms with Gasteiger partial charge in [-0.1, -0.05) is 43.3 Å². The highest BCUT2D eigenvalue weighted by atomic mass is 16.1. The highest BCUT2D eigenvalue weighted by Gasteiger charge is 2.13. The number of nitriles is 1. The van der Waals surface area contributed by atoms with E-state index >= 15 is 0 Å². The van der Waals surface area contributed by atoms with Gasteiger partial charge in [0.1, 0.15) is 0 Å². The zero-order chi connectivity index (χ0) is 12.3. The van der Waals surface area contributed by atoms with Crippen LogP contribution in [0.1, 0.15) is 22.8 Å². The molecule has 3 nitrogen and oxygen atoms in total. The smallest absolute Gasteiger partial charge is 0.265 e. The summed E-state index contributed by atoms with van der Waals surface area (Å²) in [6.07, 6.45) is 2.45. The number of aryl methyl sites for hydroxylation is 1. The Bertz CT molecular complexity index is 611. The quantitative estimate of drug-likeness (QED) is 0.629. The molecule has 0 spiro atoms. The van der Waals surface area contributed by atoms with Gasteiger partial charge in [0, 0.05) is 0 Å². The number of carbonyl (C=O) groups is 1. The number of carbonyl (C=O) groups excluding carboxylic acids is 1. The molecule has 0 aromatic heterocycles. The molecule has 2 rings (SSSR count). The number of hydrogen-bond acceptors (Lipinski definition) is 2. The lowest BCUT2D eigenvalue weighted by Gasteiger charge is -2.09. The van der Waals surface area contributed by atoms with Crippen LogP contribution in [-0.2, 0) is 6.42 Å². The summed E-state index contributed by atoms with van der Waals surface area (Å²) in [5.41, 5.74) is 1.56. The van der Waals surface area contributed by atoms with E-state index in [-0.39, 0.29) is 5.91 Å². The Morgan fingerprint density at radius 3 is 2.76 bits per heavy atom. The lowest BCUT2D eigenvalue weighted by Crippen LogP contribution is -2.19. The molecule has 0 saturated heterocycles. The molecule has 3 heteroatoms. The summed E-state index contributed by atoms with van der Waals surface area (Å²) >= 11 is 0. The molecule has 1 N–H and O–H groups in total. The summed E-state index contributed by atoms with van der Waals surface area (Å²) in [6.45, 7) is 1.99. The Hall–Kier alpha value is -2.34. The predicted octanol–water partition coefficient (Wildman–Crippen LogP) is 2.61. The van der Waals surface area contributed by atoms with Crippen molar-refractivity contribution in [1.29, 1.82) is 5.26 Å². The fraction of sp³-hybridized carbons (Fsp3) is 0.143. The summed E-state index contributed by atoms with van der Waals surface area (Å²) in [5.74, 6) is -0.332. The van der Waals surface area contributed by atoms with Crippen LogP contribution < -0.4 is 5.32 Å². The Balaban J connectivity index is 2.72. The standard InChI is InChI=1S/C14H12N2O/c1-2-10-7-8-11-5-3-4-6-12(11)13(10)14(17)16-9-15/h3-8H,2H2,1H3,(H,16,17). The maximum Gasteiger partial charge on any atom is 0.265 e. The zero-order valence-electron chi connectivity index (χ0n) is 9.53. The molecule has 0 bridgehead atoms. The minimum Gasteiger partial charge on any atom is -0.268 e. The molecule has 1 amide bonds. The summed E-state index contributed by atoms with van der Waals surface area (Å²) < 4.78 is 0. The first-order valence-electron chi connectivity index (χ1n) is 5.48. The van der Waals surface area contributed by atoms with Gasteiger partial charge < -0.3 is 0 Å². The van der Waals surface area contributed by atoms with E-state index in [1.165, 1.54) is 0 Å². The van der Waals surface area contributed by atoms with Crippen LogP contribution in [0.2, 0.25) is 0 Å². The van der Waals surface area contributed by atoms with E-state index in [0.717, 1.165) is 22.8 Å². The summed E-state index contributed by atoms with van der Waals surface area (Å²) in [4.78, 5) is 11.9. The maximum atomic E-state index is 11.9. The third-order valence-electron chi connectivity index (χ3n) is 2.79. The first-order valence-corrected chi connectivity index (χ1v) is 5.48. The minimum absolute atomic E-state index is 0.332. The second-order valence-electron chi connectivity index (χ2n) is 3.74. The summed E-state index contributed by atoms with van der Waals surface area (Å²) in [6, 6.07) is 11.6. The largest absolute Gasteiger partial charge is 0.268 e. The Kier molecular flexibility index (Phi) is 3.06. The van der Waals surface area contributed by atoms with Gasteiger partial charge in [0.25, 0.3) is 5.91 Å². The number of benzene rings is 2. The lowest BCUT2D eigenvalue weighted by atomic mass is 9.97. The molecule has 0 radical (unpaired) electrons. The molecular formula is C14H12N2O. The average Bonchev–Trinajstić information content (AvgIpc) is 2.37. The first kappa shape index (κ1) is 11.2. The van der Waals surface area contributed by atoms with Crippen LogP contribution in [-0.4, -0.2) is 5.91 Å². The van der Waals surface area contributed by atoms with Gasteiger partial charge in [-0.05, 0) is 22.8 Å². The van der Waals surface area contributed by atoms with Crippen molar-refractivity contribution in [1.82, 2.24) is 5.32 Å². The van der Waals surface area contributed by atoms with Crippen molar-refractivity contribution in [3.63, 3.8) is 0 Å². The third kappa shape index (κ3) is 1.98. The van der Waals surface area contributed by atoms with Gasteiger partial charge in [0.05, 0.1) is 5.56 Å². The molecule has 0 unspecified atom stereocenters. The molecule has 0 saturated carbocycles. The van der Waals surface area contributed by atoms with Crippen molar-refractivity contribution < 1.29 is 4.79 Å². The fourth-order valence-electron chi connectivity index (χ4n) is 1.99. The second kappa shape index (κ2) is 4.67. The monoisotopic (exact) mass is 224 g/mol. The fourth-order valence-corrected chi connectivity index (χ4v) is 1.99. The van der Waals surface area contributed by atoms with Crippen molar-refractivity contribution in [2.45, 2.75) is 13.3 Å². The van der Waals surface area contributed by atoms with E-state index in [0.29, 0.717) is 5.56 Å². The van der Waals surface area contributed by atoms with Crippen molar-refractivity contribution in [3.8, 4) is 6.19 Å². The minimum atomic E-state index is -0.332. The lowest BCUT2D eigenvalue weighted by molar-refractivity contribution is 0.0973. The Morgan fingerprint density at radius 2 is 2.06 bits per heavy atom. The number of amides is 1. The van der Waals surface area contributed by atoms with E-state index in [2.05, 4.69) is 5.32 Å². The highest BCUT2D eigenvalue weighted by molar-refractivity contribution is 6.08. The molecule has 2 aromatic carbocycles. The van der Waals surface area contributed by atoms with Crippen molar-refractivity contribution in [2.24, 2.45) is 0 Å². The molecule has 0 aliphatic heterocycles. The first-order chi connectivity index (χ1) is 8.27. The summed E-state index contributed by atoms with van der Waals surface area (Å²) in [5, 5.41) is 12.6. The van der Waals surface area contributed by atoms with Crippen molar-refractivity contribution in [2.75, 3.05) is 0 Å². The van der Waals surface area contributed by atoms with Gasteiger partial charge in [-0.15, -0.1) is 0 Å². The number of nitrogens with one attached hydrogen (secondary N) is 1. The third-order valence-corrected chi connectivity index (χ3v) is 2.79. The highest BCUT2D eigenvalue weighted by Crippen LogP contribution is 2.22. The average molecular weight is 224 g/mol. The number of hydrogen-bond donors (Lipinski definition) is 1. The predicted molar refractivity (Wildman–Crippen MR) is 66.4 cm³/mol. The SMILES string of the molecule is CCc1ccc2ccccc2c1C(=O)NC#N. The van der Waals surface area contributed by atoms with Gasteiger partial charge in [-0.2, -0.15) is 5.26 Å².